The van der Waals surface area contributed by atoms with E-state index in [0.717, 1.165) is 86.3 Å². The summed E-state index contributed by atoms with van der Waals surface area (Å²) in [6.45, 7) is 10.7. The van der Waals surface area contributed by atoms with E-state index in [1.165, 1.54) is 36.9 Å². The smallest absolute Gasteiger partial charge is 0.274 e. The number of aliphatic hydroxyl groups is 1. The number of nitrogens with zero attached hydrogens (tertiary/aromatic N) is 10. The molecule has 7 aliphatic rings. The first-order valence-electron chi connectivity index (χ1n) is 24.7. The largest absolute Gasteiger partial charge is 0.387 e. The molecule has 3 N–H and O–H groups in total. The number of guanidine groups is 1. The Kier molecular flexibility index (Phi) is 10.9. The molecular formula is C51H60N12O5. The summed E-state index contributed by atoms with van der Waals surface area (Å²) in [5, 5.41) is 21.2. The fourth-order valence-electron chi connectivity index (χ4n) is 12.3. The Morgan fingerprint density at radius 3 is 2.35 bits per heavy atom. The van der Waals surface area contributed by atoms with Crippen molar-refractivity contribution in [1.29, 1.82) is 0 Å². The van der Waals surface area contributed by atoms with Crippen LogP contribution in [0.5, 0.6) is 0 Å². The van der Waals surface area contributed by atoms with Crippen molar-refractivity contribution < 1.29 is 24.0 Å². The van der Waals surface area contributed by atoms with E-state index in [4.69, 9.17) is 14.5 Å². The van der Waals surface area contributed by atoms with E-state index in [1.807, 2.05) is 35.2 Å². The zero-order valence-corrected chi connectivity index (χ0v) is 38.7. The van der Waals surface area contributed by atoms with Gasteiger partial charge in [-0.15, -0.1) is 6.58 Å². The molecule has 0 bridgehead atoms. The van der Waals surface area contributed by atoms with Crippen LogP contribution in [-0.4, -0.2) is 134 Å². The number of hydrogen-bond donors (Lipinski definition) is 3. The molecule has 3 amide bonds. The molecule has 2 aliphatic carbocycles. The molecule has 5 fully saturated rings. The second-order valence-corrected chi connectivity index (χ2v) is 19.7. The van der Waals surface area contributed by atoms with Crippen LogP contribution in [0.15, 0.2) is 94.7 Å². The van der Waals surface area contributed by atoms with Gasteiger partial charge >= 0.3 is 0 Å². The molecule has 2 aromatic carbocycles. The van der Waals surface area contributed by atoms with Gasteiger partial charge in [-0.2, -0.15) is 4.74 Å². The van der Waals surface area contributed by atoms with Gasteiger partial charge in [-0.3, -0.25) is 24.6 Å². The number of likely N-dealkylation sites (N-methyl/N-ethyl adjacent to an activating group) is 1. The number of carbonyl (C=O) groups excluding carboxylic acids is 3. The van der Waals surface area contributed by atoms with Crippen LogP contribution in [0, 0.1) is 0 Å². The van der Waals surface area contributed by atoms with Crippen LogP contribution in [-0.2, 0) is 20.8 Å². The maximum atomic E-state index is 13.7. The van der Waals surface area contributed by atoms with E-state index in [0.29, 0.717) is 67.0 Å². The highest BCUT2D eigenvalue weighted by Gasteiger charge is 2.48. The fourth-order valence-corrected chi connectivity index (χ4v) is 12.3. The third-order valence-electron chi connectivity index (χ3n) is 16.0. The molecular weight excluding hydrogens is 861 g/mol. The topological polar surface area (TPSA) is 163 Å². The maximum Gasteiger partial charge on any atom is 0.274 e. The molecule has 5 aliphatic heterocycles. The molecule has 8 heterocycles. The number of imide groups is 1. The van der Waals surface area contributed by atoms with E-state index in [9.17, 15) is 19.5 Å². The number of hydrazine groups is 1. The average molecular weight is 921 g/mol. The third-order valence-corrected chi connectivity index (χ3v) is 16.0. The minimum atomic E-state index is -0.604. The summed E-state index contributed by atoms with van der Waals surface area (Å²) >= 11 is 0. The summed E-state index contributed by atoms with van der Waals surface area (Å²) in [4.78, 5) is 57.6. The predicted octanol–water partition coefficient (Wildman–Crippen LogP) is 5.68. The van der Waals surface area contributed by atoms with E-state index in [-0.39, 0.29) is 17.7 Å². The number of hydrogen-bond acceptors (Lipinski definition) is 13. The monoisotopic (exact) mass is 920 g/mol. The lowest BCUT2D eigenvalue weighted by Crippen LogP contribution is -2.54. The van der Waals surface area contributed by atoms with Crippen LogP contribution in [0.4, 0.5) is 17.2 Å². The SMILES string of the molecule is C=CCN1C(=O)C2=CN=C(Nc3ccc(N4CCN(C5CCN(C6CCC(n7ccc8c7ccc7on(C9CCC(=O)NC9=O)c78)CC6)CC5)CC4)cc3)N(C)C2N1c1ccc2c(n1)C(O)CC2. The molecule has 4 saturated heterocycles. The fraction of sp³-hybridized carbons (Fsp3) is 0.471. The first kappa shape index (κ1) is 42.9. The first-order chi connectivity index (χ1) is 33.2. The molecule has 17 heteroatoms. The van der Waals surface area contributed by atoms with Gasteiger partial charge in [0.05, 0.1) is 29.4 Å². The minimum Gasteiger partial charge on any atom is -0.387 e. The lowest BCUT2D eigenvalue weighted by atomic mass is 9.88. The van der Waals surface area contributed by atoms with Crippen LogP contribution in [0.1, 0.15) is 87.2 Å². The summed E-state index contributed by atoms with van der Waals surface area (Å²) in [5.41, 5.74) is 7.32. The van der Waals surface area contributed by atoms with E-state index in [1.54, 1.807) is 22.0 Å². The molecule has 1 saturated carbocycles. The number of rotatable bonds is 9. The van der Waals surface area contributed by atoms with Gasteiger partial charge in [-0.05, 0) is 125 Å². The maximum absolute atomic E-state index is 13.7. The van der Waals surface area contributed by atoms with Gasteiger partial charge in [0, 0.05) is 86.9 Å². The second kappa shape index (κ2) is 17.3. The quantitative estimate of drug-likeness (QED) is 0.123. The number of likely N-dealkylation sites (tertiary alicyclic amines) is 1. The second-order valence-electron chi connectivity index (χ2n) is 19.7. The summed E-state index contributed by atoms with van der Waals surface area (Å²) in [6.07, 6.45) is 13.9. The van der Waals surface area contributed by atoms with Crippen LogP contribution in [0.25, 0.3) is 22.0 Å². The van der Waals surface area contributed by atoms with Crippen molar-refractivity contribution in [3.63, 3.8) is 0 Å². The van der Waals surface area contributed by atoms with Crippen molar-refractivity contribution in [3.8, 4) is 0 Å². The van der Waals surface area contributed by atoms with Crippen molar-refractivity contribution in [1.82, 2.24) is 39.3 Å². The summed E-state index contributed by atoms with van der Waals surface area (Å²) in [7, 11) is 1.93. The number of carbonyl (C=O) groups is 3. The first-order valence-corrected chi connectivity index (χ1v) is 24.7. The van der Waals surface area contributed by atoms with Gasteiger partial charge in [0.25, 0.3) is 11.8 Å². The molecule has 3 atom stereocenters. The zero-order valence-electron chi connectivity index (χ0n) is 38.7. The highest BCUT2D eigenvalue weighted by molar-refractivity contribution is 6.06. The van der Waals surface area contributed by atoms with Crippen molar-refractivity contribution in [2.75, 3.05) is 68.1 Å². The Balaban J connectivity index is 0.619. The van der Waals surface area contributed by atoms with Crippen LogP contribution in [0.3, 0.4) is 0 Å². The van der Waals surface area contributed by atoms with E-state index < -0.39 is 18.3 Å². The van der Waals surface area contributed by atoms with Gasteiger partial charge in [0.1, 0.15) is 17.4 Å². The number of nitrogens with one attached hydrogen (secondary N) is 2. The number of aromatic nitrogens is 3. The molecule has 0 radical (unpaired) electrons. The molecule has 3 unspecified atom stereocenters. The number of piperidine rings is 2. The number of aliphatic hydroxyl groups excluding tert-OH is 1. The number of aryl methyl sites for hydroxylation is 1. The Morgan fingerprint density at radius 1 is 0.838 bits per heavy atom. The molecule has 354 valence electrons. The Hall–Kier alpha value is -6.43. The standard InChI is InChI=1S/C51H60N12O5/c1-3-23-61-50(67)39-31-52-51(56(2)49(39)62(61)44-18-5-32-4-16-42(64)46(32)54-44)53-33-6-8-34(9-7-33)58-27-29-59(30-28-58)36-20-24-57(25-21-36)35-10-12-37(13-11-35)60-26-22-38-40(60)14-17-43-47(38)63(68-43)41-15-19-45(65)55-48(41)66/h3,5-9,14,17-18,22,26,31,35-37,41-42,49,64H,1,4,10-13,15-16,19-21,23-25,27-30H2,2H3,(H,52,53)(H,55,65,66). The lowest BCUT2D eigenvalue weighted by Gasteiger charge is -2.46. The van der Waals surface area contributed by atoms with Crippen LogP contribution < -0.4 is 20.5 Å². The summed E-state index contributed by atoms with van der Waals surface area (Å²) in [6, 6.07) is 20.1. The molecule has 17 nitrogen and oxygen atoms in total. The van der Waals surface area contributed by atoms with Gasteiger partial charge in [0.15, 0.2) is 11.7 Å². The van der Waals surface area contributed by atoms with E-state index >= 15 is 0 Å². The van der Waals surface area contributed by atoms with Crippen molar-refractivity contribution in [3.05, 3.63) is 96.5 Å². The number of amides is 3. The predicted molar refractivity (Wildman–Crippen MR) is 260 cm³/mol. The normalized spacial score (nSPS) is 26.4. The summed E-state index contributed by atoms with van der Waals surface area (Å²) in [5.74, 6) is 0.567. The molecule has 68 heavy (non-hydrogen) atoms. The van der Waals surface area contributed by atoms with Crippen LogP contribution >= 0.6 is 0 Å². The number of aliphatic imine (C=N–C) groups is 1. The zero-order chi connectivity index (χ0) is 46.2. The Labute approximate surface area is 395 Å². The molecule has 5 aromatic rings. The lowest BCUT2D eigenvalue weighted by molar-refractivity contribution is -0.137. The molecule has 12 rings (SSSR count). The molecule has 3 aromatic heterocycles. The van der Waals surface area contributed by atoms with Gasteiger partial charge in [-0.25, -0.2) is 20.0 Å². The summed E-state index contributed by atoms with van der Waals surface area (Å²) < 4.78 is 10.1. The third kappa shape index (κ3) is 7.37. The Bertz CT molecular complexity index is 2840. The number of pyridine rings is 1. The highest BCUT2D eigenvalue weighted by Crippen LogP contribution is 2.40. The Morgan fingerprint density at radius 2 is 1.59 bits per heavy atom. The van der Waals surface area contributed by atoms with Crippen molar-refractivity contribution in [2.45, 2.75) is 101 Å². The van der Waals surface area contributed by atoms with Crippen molar-refractivity contribution in [2.24, 2.45) is 4.99 Å². The van der Waals surface area contributed by atoms with E-state index in [2.05, 4.69) is 79.1 Å². The molecule has 0 spiro atoms. The average Bonchev–Trinajstić information content (AvgIpc) is 4.03. The van der Waals surface area contributed by atoms with Gasteiger partial charge < -0.3 is 34.2 Å². The van der Waals surface area contributed by atoms with Gasteiger partial charge in [0.2, 0.25) is 11.9 Å². The number of benzene rings is 2. The number of fused-ring (bicyclic) bond motifs is 5. The van der Waals surface area contributed by atoms with Crippen LogP contribution in [0.2, 0.25) is 0 Å². The number of anilines is 3. The number of piperazine rings is 1. The minimum absolute atomic E-state index is 0.144. The van der Waals surface area contributed by atoms with Gasteiger partial charge in [-0.1, -0.05) is 12.1 Å². The van der Waals surface area contributed by atoms with Crippen molar-refractivity contribution >= 4 is 62.9 Å². The highest BCUT2D eigenvalue weighted by atomic mass is 16.5.